The van der Waals surface area contributed by atoms with E-state index >= 15 is 0 Å². The number of benzene rings is 1. The van der Waals surface area contributed by atoms with Crippen LogP contribution in [0.1, 0.15) is 25.1 Å². The van der Waals surface area contributed by atoms with E-state index in [1.54, 1.807) is 35.1 Å². The smallest absolute Gasteiger partial charge is 0.259 e. The number of ether oxygens (including phenoxy) is 1. The van der Waals surface area contributed by atoms with Crippen molar-refractivity contribution in [2.24, 2.45) is 0 Å². The maximum Gasteiger partial charge on any atom is 0.259 e. The van der Waals surface area contributed by atoms with Crippen LogP contribution in [-0.2, 0) is 9.59 Å². The van der Waals surface area contributed by atoms with Gasteiger partial charge in [0.15, 0.2) is 0 Å². The Labute approximate surface area is 128 Å². The number of aromatic nitrogens is 2. The van der Waals surface area contributed by atoms with Crippen LogP contribution in [0.4, 0.5) is 5.69 Å². The van der Waals surface area contributed by atoms with E-state index in [4.69, 9.17) is 4.74 Å². The topological polar surface area (TPSA) is 64.4 Å². The van der Waals surface area contributed by atoms with Crippen molar-refractivity contribution >= 4 is 17.5 Å². The second-order valence-corrected chi connectivity index (χ2v) is 5.15. The molecule has 22 heavy (non-hydrogen) atoms. The number of amides is 2. The summed E-state index contributed by atoms with van der Waals surface area (Å²) < 4.78 is 6.93. The van der Waals surface area contributed by atoms with Crippen molar-refractivity contribution in [2.75, 3.05) is 11.5 Å². The number of hydrogen-bond donors (Lipinski definition) is 0. The van der Waals surface area contributed by atoms with E-state index in [2.05, 4.69) is 5.10 Å². The van der Waals surface area contributed by atoms with Crippen molar-refractivity contribution in [3.05, 3.63) is 42.2 Å². The Morgan fingerprint density at radius 1 is 1.23 bits per heavy atom. The molecule has 0 spiro atoms. The van der Waals surface area contributed by atoms with Crippen LogP contribution < -0.4 is 9.64 Å². The Hall–Kier alpha value is -2.63. The number of aryl methyl sites for hydroxylation is 1. The molecule has 2 heterocycles. The van der Waals surface area contributed by atoms with Crippen LogP contribution in [0, 0.1) is 6.92 Å². The lowest BCUT2D eigenvalue weighted by atomic mass is 10.2. The van der Waals surface area contributed by atoms with E-state index in [-0.39, 0.29) is 18.2 Å². The van der Waals surface area contributed by atoms with Crippen LogP contribution in [0.15, 0.2) is 36.5 Å². The molecule has 6 heteroatoms. The molecule has 1 aromatic heterocycles. The third-order valence-corrected chi connectivity index (χ3v) is 3.59. The molecule has 1 aliphatic heterocycles. The maximum absolute atomic E-state index is 12.5. The molecule has 0 aliphatic carbocycles. The number of carbonyl (C=O) groups excluding carboxylic acids is 2. The van der Waals surface area contributed by atoms with Crippen LogP contribution in [0.2, 0.25) is 0 Å². The van der Waals surface area contributed by atoms with Crippen molar-refractivity contribution in [1.29, 1.82) is 0 Å². The zero-order valence-electron chi connectivity index (χ0n) is 12.5. The lowest BCUT2D eigenvalue weighted by molar-refractivity contribution is -0.122. The largest absolute Gasteiger partial charge is 0.494 e. The summed E-state index contributed by atoms with van der Waals surface area (Å²) in [5, 5.41) is 4.24. The van der Waals surface area contributed by atoms with Gasteiger partial charge in [-0.1, -0.05) is 0 Å². The third-order valence-electron chi connectivity index (χ3n) is 3.59. The molecule has 114 valence electrons. The molecule has 2 amide bonds. The maximum atomic E-state index is 12.5. The highest BCUT2D eigenvalue weighted by Crippen LogP contribution is 2.30. The van der Waals surface area contributed by atoms with Gasteiger partial charge in [-0.3, -0.25) is 14.3 Å². The molecule has 1 atom stereocenters. The Morgan fingerprint density at radius 3 is 2.55 bits per heavy atom. The van der Waals surface area contributed by atoms with Gasteiger partial charge in [-0.2, -0.15) is 5.10 Å². The van der Waals surface area contributed by atoms with Gasteiger partial charge in [-0.05, 0) is 44.2 Å². The summed E-state index contributed by atoms with van der Waals surface area (Å²) in [7, 11) is 0. The van der Waals surface area contributed by atoms with Crippen molar-refractivity contribution in [3.8, 4) is 5.75 Å². The second-order valence-electron chi connectivity index (χ2n) is 5.15. The van der Waals surface area contributed by atoms with Gasteiger partial charge in [0, 0.05) is 6.20 Å². The first-order valence-electron chi connectivity index (χ1n) is 7.21. The average molecular weight is 299 g/mol. The first-order chi connectivity index (χ1) is 10.6. The first kappa shape index (κ1) is 14.3. The molecule has 1 aromatic carbocycles. The molecular weight excluding hydrogens is 282 g/mol. The highest BCUT2D eigenvalue weighted by molar-refractivity contribution is 6.21. The van der Waals surface area contributed by atoms with E-state index in [1.165, 1.54) is 4.90 Å². The summed E-state index contributed by atoms with van der Waals surface area (Å²) in [6.07, 6.45) is 1.86. The summed E-state index contributed by atoms with van der Waals surface area (Å²) in [5.74, 6) is 0.245. The molecule has 0 radical (unpaired) electrons. The fraction of sp³-hybridized carbons (Fsp3) is 0.312. The Bertz CT molecular complexity index is 706. The fourth-order valence-corrected chi connectivity index (χ4v) is 2.56. The van der Waals surface area contributed by atoms with Crippen LogP contribution >= 0.6 is 0 Å². The minimum atomic E-state index is -0.562. The molecular formula is C16H17N3O3. The summed E-state index contributed by atoms with van der Waals surface area (Å²) in [6, 6.07) is 8.20. The number of nitrogens with zero attached hydrogens (tertiary/aromatic N) is 3. The number of anilines is 1. The molecule has 6 nitrogen and oxygen atoms in total. The predicted octanol–water partition coefficient (Wildman–Crippen LogP) is 2.09. The van der Waals surface area contributed by atoms with Crippen LogP contribution in [0.5, 0.6) is 5.75 Å². The third kappa shape index (κ3) is 2.47. The molecule has 1 aliphatic rings. The van der Waals surface area contributed by atoms with Gasteiger partial charge in [0.05, 0.1) is 24.4 Å². The van der Waals surface area contributed by atoms with E-state index in [0.29, 0.717) is 18.0 Å². The van der Waals surface area contributed by atoms with Crippen molar-refractivity contribution in [2.45, 2.75) is 26.3 Å². The van der Waals surface area contributed by atoms with Crippen LogP contribution in [-0.4, -0.2) is 28.2 Å². The van der Waals surface area contributed by atoms with Crippen molar-refractivity contribution in [3.63, 3.8) is 0 Å². The highest BCUT2D eigenvalue weighted by Gasteiger charge is 2.41. The van der Waals surface area contributed by atoms with Gasteiger partial charge < -0.3 is 4.74 Å². The molecule has 0 bridgehead atoms. The number of carbonyl (C=O) groups is 2. The summed E-state index contributed by atoms with van der Waals surface area (Å²) >= 11 is 0. The SMILES string of the molecule is CCOc1ccc(N2C(=O)C[C@@H](n3ccc(C)n3)C2=O)cc1. The van der Waals surface area contributed by atoms with E-state index in [9.17, 15) is 9.59 Å². The summed E-state index contributed by atoms with van der Waals surface area (Å²) in [4.78, 5) is 26.0. The van der Waals surface area contributed by atoms with E-state index < -0.39 is 6.04 Å². The normalized spacial score (nSPS) is 18.1. The number of rotatable bonds is 4. The standard InChI is InChI=1S/C16H17N3O3/c1-3-22-13-6-4-12(5-7-13)19-15(20)10-14(16(19)21)18-9-8-11(2)17-18/h4-9,14H,3,10H2,1-2H3/t14-/m1/s1. The molecule has 0 saturated carbocycles. The second kappa shape index (κ2) is 5.63. The lowest BCUT2D eigenvalue weighted by Crippen LogP contribution is -2.31. The minimum absolute atomic E-state index is 0.132. The Balaban J connectivity index is 1.85. The lowest BCUT2D eigenvalue weighted by Gasteiger charge is -2.15. The van der Waals surface area contributed by atoms with Gasteiger partial charge >= 0.3 is 0 Å². The molecule has 3 rings (SSSR count). The van der Waals surface area contributed by atoms with E-state index in [0.717, 1.165) is 5.69 Å². The van der Waals surface area contributed by atoms with Crippen LogP contribution in [0.3, 0.4) is 0 Å². The summed E-state index contributed by atoms with van der Waals surface area (Å²) in [6.45, 7) is 4.32. The number of imide groups is 1. The van der Waals surface area contributed by atoms with Gasteiger partial charge in [0.2, 0.25) is 5.91 Å². The highest BCUT2D eigenvalue weighted by atomic mass is 16.5. The molecule has 0 unspecified atom stereocenters. The van der Waals surface area contributed by atoms with Gasteiger partial charge in [-0.25, -0.2) is 4.90 Å². The van der Waals surface area contributed by atoms with Gasteiger partial charge in [0.25, 0.3) is 5.91 Å². The molecule has 2 aromatic rings. The van der Waals surface area contributed by atoms with Crippen LogP contribution in [0.25, 0.3) is 0 Å². The zero-order chi connectivity index (χ0) is 15.7. The first-order valence-corrected chi connectivity index (χ1v) is 7.21. The molecule has 1 fully saturated rings. The minimum Gasteiger partial charge on any atom is -0.494 e. The molecule has 1 saturated heterocycles. The van der Waals surface area contributed by atoms with Crippen molar-refractivity contribution < 1.29 is 14.3 Å². The monoisotopic (exact) mass is 299 g/mol. The van der Waals surface area contributed by atoms with Gasteiger partial charge in [0.1, 0.15) is 11.8 Å². The van der Waals surface area contributed by atoms with E-state index in [1.807, 2.05) is 19.9 Å². The van der Waals surface area contributed by atoms with Crippen molar-refractivity contribution in [1.82, 2.24) is 9.78 Å². The van der Waals surface area contributed by atoms with Gasteiger partial charge in [-0.15, -0.1) is 0 Å². The number of hydrogen-bond acceptors (Lipinski definition) is 4. The zero-order valence-corrected chi connectivity index (χ0v) is 12.5. The average Bonchev–Trinajstić information content (AvgIpc) is 3.04. The molecule has 0 N–H and O–H groups in total. The summed E-state index contributed by atoms with van der Waals surface area (Å²) in [5.41, 5.74) is 1.38. The Kier molecular flexibility index (Phi) is 3.66. The quantitative estimate of drug-likeness (QED) is 0.811. The predicted molar refractivity (Wildman–Crippen MR) is 80.7 cm³/mol. The Morgan fingerprint density at radius 2 is 1.95 bits per heavy atom. The fourth-order valence-electron chi connectivity index (χ4n) is 2.56.